The van der Waals surface area contributed by atoms with Crippen LogP contribution < -0.4 is 4.74 Å². The molecule has 1 aliphatic rings. The molecule has 1 aliphatic carbocycles. The smallest absolute Gasteiger partial charge is 0.349 e. The molecule has 3 aromatic rings. The number of allylic oxidation sites excluding steroid dienone is 2. The average Bonchev–Trinajstić information content (AvgIpc) is 2.80. The van der Waals surface area contributed by atoms with Crippen molar-refractivity contribution in [2.75, 3.05) is 0 Å². The number of esters is 1. The molecule has 6 heteroatoms. The largest absolute Gasteiger partial charge is 0.423 e. The Morgan fingerprint density at radius 1 is 0.882 bits per heavy atom. The van der Waals surface area contributed by atoms with E-state index in [0.717, 1.165) is 50.7 Å². The van der Waals surface area contributed by atoms with Gasteiger partial charge in [0.25, 0.3) is 0 Å². The van der Waals surface area contributed by atoms with E-state index in [-0.39, 0.29) is 11.7 Å². The van der Waals surface area contributed by atoms with Gasteiger partial charge in [-0.25, -0.2) is 22.4 Å². The summed E-state index contributed by atoms with van der Waals surface area (Å²) in [6.45, 7) is 2.00. The Morgan fingerprint density at radius 3 is 2.18 bits per heavy atom. The van der Waals surface area contributed by atoms with Crippen molar-refractivity contribution in [3.05, 3.63) is 89.0 Å². The monoisotopic (exact) mass is 470 g/mol. The SMILES string of the molecule is C/C=C/CCC1CCC(c2cc(F)c(C(=O)Oc3ccc4cc(F)c(F)cc4c3)c(F)c2)CC1. The molecule has 0 heterocycles. The fraction of sp³-hybridized carbons (Fsp3) is 0.321. The van der Waals surface area contributed by atoms with Gasteiger partial charge in [0.1, 0.15) is 22.9 Å². The van der Waals surface area contributed by atoms with Gasteiger partial charge in [-0.15, -0.1) is 0 Å². The van der Waals surface area contributed by atoms with Crippen molar-refractivity contribution in [2.24, 2.45) is 5.92 Å². The van der Waals surface area contributed by atoms with Crippen LogP contribution in [-0.2, 0) is 0 Å². The summed E-state index contributed by atoms with van der Waals surface area (Å²) in [7, 11) is 0. The molecule has 178 valence electrons. The Morgan fingerprint density at radius 2 is 1.53 bits per heavy atom. The summed E-state index contributed by atoms with van der Waals surface area (Å²) in [4.78, 5) is 12.5. The summed E-state index contributed by atoms with van der Waals surface area (Å²) in [5.41, 5.74) is -0.212. The Kier molecular flexibility index (Phi) is 7.35. The Bertz CT molecular complexity index is 1200. The van der Waals surface area contributed by atoms with E-state index >= 15 is 0 Å². The van der Waals surface area contributed by atoms with Gasteiger partial charge in [0.05, 0.1) is 0 Å². The number of ether oxygens (including phenoxy) is 1. The lowest BCUT2D eigenvalue weighted by molar-refractivity contribution is 0.0724. The van der Waals surface area contributed by atoms with Crippen LogP contribution in [0.3, 0.4) is 0 Å². The molecular weight excluding hydrogens is 444 g/mol. The fourth-order valence-corrected chi connectivity index (χ4v) is 4.75. The zero-order valence-electron chi connectivity index (χ0n) is 18.9. The van der Waals surface area contributed by atoms with Crippen molar-refractivity contribution >= 4 is 16.7 Å². The third-order valence-corrected chi connectivity index (χ3v) is 6.63. The van der Waals surface area contributed by atoms with Crippen LogP contribution in [0.25, 0.3) is 10.8 Å². The Labute approximate surface area is 196 Å². The van der Waals surface area contributed by atoms with Crippen LogP contribution in [0.1, 0.15) is 67.3 Å². The number of rotatable bonds is 6. The summed E-state index contributed by atoms with van der Waals surface area (Å²) < 4.78 is 61.7. The number of hydrogen-bond donors (Lipinski definition) is 0. The van der Waals surface area contributed by atoms with E-state index in [0.29, 0.717) is 22.3 Å². The molecular formula is C28H26F4O2. The minimum atomic E-state index is -1.18. The molecule has 1 saturated carbocycles. The number of hydrogen-bond acceptors (Lipinski definition) is 2. The maximum atomic E-state index is 14.8. The number of fused-ring (bicyclic) bond motifs is 1. The van der Waals surface area contributed by atoms with Crippen LogP contribution in [0, 0.1) is 29.2 Å². The van der Waals surface area contributed by atoms with Crippen molar-refractivity contribution in [1.82, 2.24) is 0 Å². The van der Waals surface area contributed by atoms with Crippen LogP contribution in [-0.4, -0.2) is 5.97 Å². The highest BCUT2D eigenvalue weighted by Crippen LogP contribution is 2.38. The second-order valence-corrected chi connectivity index (χ2v) is 8.89. The molecule has 0 saturated heterocycles. The highest BCUT2D eigenvalue weighted by Gasteiger charge is 2.26. The summed E-state index contributed by atoms with van der Waals surface area (Å²) in [5.74, 6) is -4.50. The molecule has 0 aliphatic heterocycles. The minimum Gasteiger partial charge on any atom is -0.423 e. The van der Waals surface area contributed by atoms with Gasteiger partial charge in [-0.05, 0) is 110 Å². The first-order valence-electron chi connectivity index (χ1n) is 11.6. The molecule has 0 unspecified atom stereocenters. The molecule has 2 nitrogen and oxygen atoms in total. The van der Waals surface area contributed by atoms with Gasteiger partial charge in [-0.2, -0.15) is 0 Å². The van der Waals surface area contributed by atoms with Crippen molar-refractivity contribution in [2.45, 2.75) is 51.4 Å². The van der Waals surface area contributed by atoms with E-state index in [2.05, 4.69) is 6.08 Å². The second-order valence-electron chi connectivity index (χ2n) is 8.89. The molecule has 0 N–H and O–H groups in total. The molecule has 34 heavy (non-hydrogen) atoms. The summed E-state index contributed by atoms with van der Waals surface area (Å²) in [5, 5.41) is 0.693. The zero-order valence-corrected chi connectivity index (χ0v) is 18.9. The number of halogens is 4. The van der Waals surface area contributed by atoms with Gasteiger partial charge in [0, 0.05) is 0 Å². The van der Waals surface area contributed by atoms with Gasteiger partial charge in [-0.3, -0.25) is 0 Å². The summed E-state index contributed by atoms with van der Waals surface area (Å²) in [6.07, 6.45) is 10.1. The molecule has 1 fully saturated rings. The Balaban J connectivity index is 1.46. The summed E-state index contributed by atoms with van der Waals surface area (Å²) in [6, 6.07) is 8.54. The van der Waals surface area contributed by atoms with Crippen LogP contribution in [0.15, 0.2) is 54.6 Å². The van der Waals surface area contributed by atoms with Crippen molar-refractivity contribution in [3.8, 4) is 5.75 Å². The predicted octanol–water partition coefficient (Wildman–Crippen LogP) is 8.25. The van der Waals surface area contributed by atoms with Crippen molar-refractivity contribution in [3.63, 3.8) is 0 Å². The minimum absolute atomic E-state index is 0.0253. The quantitative estimate of drug-likeness (QED) is 0.157. The molecule has 0 spiro atoms. The van der Waals surface area contributed by atoms with E-state index in [1.807, 2.05) is 13.0 Å². The van der Waals surface area contributed by atoms with E-state index in [1.165, 1.54) is 30.3 Å². The number of benzene rings is 3. The molecule has 0 bridgehead atoms. The van der Waals surface area contributed by atoms with E-state index in [1.54, 1.807) is 0 Å². The van der Waals surface area contributed by atoms with E-state index < -0.39 is 34.8 Å². The molecule has 0 aromatic heterocycles. The first-order chi connectivity index (χ1) is 16.4. The molecule has 4 rings (SSSR count). The van der Waals surface area contributed by atoms with Gasteiger partial charge < -0.3 is 4.74 Å². The molecule has 0 radical (unpaired) electrons. The highest BCUT2D eigenvalue weighted by atomic mass is 19.2. The van der Waals surface area contributed by atoms with Crippen molar-refractivity contribution in [1.29, 1.82) is 0 Å². The molecule has 0 amide bonds. The maximum absolute atomic E-state index is 14.8. The predicted molar refractivity (Wildman–Crippen MR) is 124 cm³/mol. The van der Waals surface area contributed by atoms with E-state index in [9.17, 15) is 22.4 Å². The molecule has 3 aromatic carbocycles. The highest BCUT2D eigenvalue weighted by molar-refractivity contribution is 5.92. The fourth-order valence-electron chi connectivity index (χ4n) is 4.75. The number of carbonyl (C=O) groups is 1. The van der Waals surface area contributed by atoms with Crippen LogP contribution in [0.4, 0.5) is 17.6 Å². The van der Waals surface area contributed by atoms with Gasteiger partial charge in [-0.1, -0.05) is 18.2 Å². The van der Waals surface area contributed by atoms with Gasteiger partial charge in [0.15, 0.2) is 11.6 Å². The third-order valence-electron chi connectivity index (χ3n) is 6.63. The van der Waals surface area contributed by atoms with Crippen molar-refractivity contribution < 1.29 is 27.1 Å². The summed E-state index contributed by atoms with van der Waals surface area (Å²) >= 11 is 0. The van der Waals surface area contributed by atoms with Crippen LogP contribution in [0.2, 0.25) is 0 Å². The number of carbonyl (C=O) groups excluding carboxylic acids is 1. The third kappa shape index (κ3) is 5.32. The first kappa shape index (κ1) is 24.0. The molecule has 0 atom stereocenters. The van der Waals surface area contributed by atoms with Crippen LogP contribution >= 0.6 is 0 Å². The topological polar surface area (TPSA) is 26.3 Å². The normalized spacial score (nSPS) is 18.5. The lowest BCUT2D eigenvalue weighted by Gasteiger charge is -2.28. The lowest BCUT2D eigenvalue weighted by Crippen LogP contribution is -2.16. The maximum Gasteiger partial charge on any atom is 0.349 e. The van der Waals surface area contributed by atoms with Gasteiger partial charge >= 0.3 is 5.97 Å². The zero-order chi connectivity index (χ0) is 24.2. The average molecular weight is 471 g/mol. The second kappa shape index (κ2) is 10.4. The van der Waals surface area contributed by atoms with Gasteiger partial charge in [0.2, 0.25) is 0 Å². The van der Waals surface area contributed by atoms with Crippen LogP contribution in [0.5, 0.6) is 5.75 Å². The Hall–Kier alpha value is -3.15. The first-order valence-corrected chi connectivity index (χ1v) is 11.6. The standard InChI is InChI=1S/C28H26F4O2/c1-2-3-4-5-17-6-8-18(9-7-17)21-15-25(31)27(26(32)16-21)28(33)34-22-11-10-19-13-23(29)24(30)14-20(19)12-22/h2-3,10-18H,4-9H2,1H3/b3-2+. The van der Waals surface area contributed by atoms with E-state index in [4.69, 9.17) is 4.74 Å². The lowest BCUT2D eigenvalue weighted by atomic mass is 9.77.